The quantitative estimate of drug-likeness (QED) is 0.197. The predicted octanol–water partition coefficient (Wildman–Crippen LogP) is 0.170. The number of hydrogen-bond donors (Lipinski definition) is 5. The molecule has 0 saturated carbocycles. The Morgan fingerprint density at radius 2 is 1.92 bits per heavy atom. The van der Waals surface area contributed by atoms with Gasteiger partial charge in [-0.3, -0.25) is 24.3 Å². The van der Waals surface area contributed by atoms with Gasteiger partial charge in [-0.05, 0) is 12.0 Å². The lowest BCUT2D eigenvalue weighted by molar-refractivity contribution is -0.384. The second-order valence-electron chi connectivity index (χ2n) is 5.53. The zero-order valence-electron chi connectivity index (χ0n) is 13.2. The van der Waals surface area contributed by atoms with E-state index in [1.807, 2.05) is 0 Å². The molecule has 1 aromatic heterocycles. The number of nitrogens with one attached hydrogen (secondary N) is 3. The zero-order chi connectivity index (χ0) is 18.8. The Hall–Kier alpha value is -2.33. The number of nitro groups is 1. The van der Waals surface area contributed by atoms with Crippen LogP contribution in [0.25, 0.3) is 11.0 Å². The third kappa shape index (κ3) is 4.83. The smallest absolute Gasteiger partial charge is 0.324 e. The van der Waals surface area contributed by atoms with Gasteiger partial charge in [0, 0.05) is 24.7 Å². The molecule has 0 fully saturated rings. The maximum absolute atomic E-state index is 11.5. The largest absolute Gasteiger partial charge is 0.327 e. The first kappa shape index (κ1) is 19.0. The van der Waals surface area contributed by atoms with Crippen LogP contribution in [-0.4, -0.2) is 36.9 Å². The van der Waals surface area contributed by atoms with Crippen molar-refractivity contribution in [2.75, 3.05) is 6.16 Å². The molecule has 11 nitrogen and oxygen atoms in total. The highest BCUT2D eigenvalue weighted by Crippen LogP contribution is 2.35. The number of H-pyrrole nitrogens is 2. The van der Waals surface area contributed by atoms with Gasteiger partial charge in [-0.2, -0.15) is 0 Å². The lowest BCUT2D eigenvalue weighted by atomic mass is 10.1. The summed E-state index contributed by atoms with van der Waals surface area (Å²) < 4.78 is 11.1. The minimum atomic E-state index is -4.22. The Kier molecular flexibility index (Phi) is 5.53. The van der Waals surface area contributed by atoms with Crippen LogP contribution in [-0.2, 0) is 11.1 Å². The van der Waals surface area contributed by atoms with Crippen LogP contribution in [0.5, 0.6) is 0 Å². The number of aromatic nitrogens is 2. The first-order valence-corrected chi connectivity index (χ1v) is 9.12. The molecular formula is C13H17N4O7P. The maximum Gasteiger partial charge on any atom is 0.327 e. The predicted molar refractivity (Wildman–Crippen MR) is 89.7 cm³/mol. The molecule has 0 bridgehead atoms. The molecule has 2 aromatic rings. The molecule has 0 aliphatic carbocycles. The van der Waals surface area contributed by atoms with Crippen molar-refractivity contribution >= 4 is 24.3 Å². The van der Waals surface area contributed by atoms with Crippen LogP contribution < -0.4 is 16.4 Å². The van der Waals surface area contributed by atoms with Crippen molar-refractivity contribution in [2.45, 2.75) is 25.9 Å². The third-order valence-corrected chi connectivity index (χ3v) is 4.56. The SMILES string of the molecule is CCC(CP(=O)(O)O)NCc1cc([N+](=O)[O-])cc2[nH]c(=O)c(=O)[nH]c12. The van der Waals surface area contributed by atoms with Crippen LogP contribution in [0.15, 0.2) is 21.7 Å². The molecule has 0 spiro atoms. The fraction of sp³-hybridized carbons (Fsp3) is 0.385. The normalized spacial score (nSPS) is 13.1. The molecule has 1 aromatic carbocycles. The molecule has 25 heavy (non-hydrogen) atoms. The Morgan fingerprint density at radius 3 is 2.48 bits per heavy atom. The summed E-state index contributed by atoms with van der Waals surface area (Å²) in [5.74, 6) is 0. The number of hydrogen-bond acceptors (Lipinski definition) is 6. The molecule has 1 atom stereocenters. The summed E-state index contributed by atoms with van der Waals surface area (Å²) in [6, 6.07) is 1.83. The summed E-state index contributed by atoms with van der Waals surface area (Å²) in [6.45, 7) is 1.75. The van der Waals surface area contributed by atoms with E-state index in [0.717, 1.165) is 6.07 Å². The highest BCUT2D eigenvalue weighted by atomic mass is 31.2. The van der Waals surface area contributed by atoms with E-state index in [2.05, 4.69) is 15.3 Å². The van der Waals surface area contributed by atoms with Gasteiger partial charge in [0.25, 0.3) is 5.69 Å². The van der Waals surface area contributed by atoms with E-state index in [1.54, 1.807) is 6.92 Å². The van der Waals surface area contributed by atoms with Crippen LogP contribution in [0, 0.1) is 10.1 Å². The number of nitrogens with zero attached hydrogens (tertiary/aromatic N) is 1. The second kappa shape index (κ2) is 7.28. The van der Waals surface area contributed by atoms with Crippen molar-refractivity contribution in [2.24, 2.45) is 0 Å². The van der Waals surface area contributed by atoms with E-state index in [9.17, 15) is 24.3 Å². The van der Waals surface area contributed by atoms with Gasteiger partial charge in [0.05, 0.1) is 22.1 Å². The van der Waals surface area contributed by atoms with E-state index in [4.69, 9.17) is 9.79 Å². The van der Waals surface area contributed by atoms with Crippen molar-refractivity contribution in [3.63, 3.8) is 0 Å². The molecule has 0 aliphatic heterocycles. The van der Waals surface area contributed by atoms with Gasteiger partial charge < -0.3 is 25.1 Å². The van der Waals surface area contributed by atoms with Crippen molar-refractivity contribution < 1.29 is 19.3 Å². The molecule has 0 aliphatic rings. The van der Waals surface area contributed by atoms with Crippen molar-refractivity contribution in [3.05, 3.63) is 48.5 Å². The molecule has 136 valence electrons. The summed E-state index contributed by atoms with van der Waals surface area (Å²) in [4.78, 5) is 56.1. The minimum absolute atomic E-state index is 0.0126. The third-order valence-electron chi connectivity index (χ3n) is 3.64. The van der Waals surface area contributed by atoms with Crippen LogP contribution in [0.3, 0.4) is 0 Å². The highest BCUT2D eigenvalue weighted by Gasteiger charge is 2.21. The number of aromatic amines is 2. The van der Waals surface area contributed by atoms with E-state index in [0.29, 0.717) is 12.0 Å². The number of nitro benzene ring substituents is 1. The second-order valence-corrected chi connectivity index (χ2v) is 7.22. The lowest BCUT2D eigenvalue weighted by Crippen LogP contribution is -2.32. The van der Waals surface area contributed by atoms with Gasteiger partial charge in [-0.1, -0.05) is 6.92 Å². The van der Waals surface area contributed by atoms with Crippen molar-refractivity contribution in [1.82, 2.24) is 15.3 Å². The van der Waals surface area contributed by atoms with Crippen LogP contribution >= 0.6 is 7.60 Å². The lowest BCUT2D eigenvalue weighted by Gasteiger charge is -2.18. The minimum Gasteiger partial charge on any atom is -0.324 e. The summed E-state index contributed by atoms with van der Waals surface area (Å²) in [6.07, 6.45) is 0.0367. The summed E-state index contributed by atoms with van der Waals surface area (Å²) in [5, 5.41) is 14.0. The number of non-ortho nitro benzene ring substituents is 1. The van der Waals surface area contributed by atoms with E-state index < -0.39 is 29.7 Å². The number of benzene rings is 1. The first-order chi connectivity index (χ1) is 11.6. The Labute approximate surface area is 140 Å². The summed E-state index contributed by atoms with van der Waals surface area (Å²) in [7, 11) is -4.22. The molecule has 2 rings (SSSR count). The average Bonchev–Trinajstić information content (AvgIpc) is 2.51. The monoisotopic (exact) mass is 372 g/mol. The molecule has 0 amide bonds. The average molecular weight is 372 g/mol. The standard InChI is InChI=1S/C13H17N4O7P/c1-2-8(6-25(22,23)24)14-5-7-3-9(17(20)21)4-10-11(7)16-13(19)12(18)15-10/h3-4,8,14H,2,5-6H2,1H3,(H,15,18)(H,16,19)(H2,22,23,24). The number of rotatable bonds is 7. The molecule has 1 unspecified atom stereocenters. The van der Waals surface area contributed by atoms with Crippen LogP contribution in [0.4, 0.5) is 5.69 Å². The topological polar surface area (TPSA) is 178 Å². The Balaban J connectivity index is 2.43. The molecule has 5 N–H and O–H groups in total. The molecule has 0 saturated heterocycles. The summed E-state index contributed by atoms with van der Waals surface area (Å²) >= 11 is 0. The highest BCUT2D eigenvalue weighted by molar-refractivity contribution is 7.51. The zero-order valence-corrected chi connectivity index (χ0v) is 14.1. The molecule has 1 heterocycles. The van der Waals surface area contributed by atoms with Crippen LogP contribution in [0.2, 0.25) is 0 Å². The van der Waals surface area contributed by atoms with Gasteiger partial charge in [0.1, 0.15) is 0 Å². The van der Waals surface area contributed by atoms with Gasteiger partial charge in [0.15, 0.2) is 0 Å². The van der Waals surface area contributed by atoms with E-state index >= 15 is 0 Å². The van der Waals surface area contributed by atoms with Gasteiger partial charge >= 0.3 is 18.7 Å². The van der Waals surface area contributed by atoms with Crippen LogP contribution in [0.1, 0.15) is 18.9 Å². The van der Waals surface area contributed by atoms with Crippen molar-refractivity contribution in [3.8, 4) is 0 Å². The first-order valence-electron chi connectivity index (χ1n) is 7.32. The fourth-order valence-electron chi connectivity index (χ4n) is 2.41. The molecule has 0 radical (unpaired) electrons. The fourth-order valence-corrected chi connectivity index (χ4v) is 3.37. The Bertz CT molecular complexity index is 961. The molecular weight excluding hydrogens is 355 g/mol. The van der Waals surface area contributed by atoms with E-state index in [1.165, 1.54) is 6.07 Å². The number of fused-ring (bicyclic) bond motifs is 1. The van der Waals surface area contributed by atoms with Gasteiger partial charge in [0.2, 0.25) is 0 Å². The Morgan fingerprint density at radius 1 is 1.28 bits per heavy atom. The molecule has 12 heteroatoms. The van der Waals surface area contributed by atoms with Gasteiger partial charge in [-0.15, -0.1) is 0 Å². The maximum atomic E-state index is 11.5. The van der Waals surface area contributed by atoms with E-state index in [-0.39, 0.29) is 29.4 Å². The summed E-state index contributed by atoms with van der Waals surface area (Å²) in [5.41, 5.74) is -1.48. The van der Waals surface area contributed by atoms with Crippen molar-refractivity contribution in [1.29, 1.82) is 0 Å². The van der Waals surface area contributed by atoms with Gasteiger partial charge in [-0.25, -0.2) is 0 Å².